The smallest absolute Gasteiger partial charge is 0.113 e. The summed E-state index contributed by atoms with van der Waals surface area (Å²) in [7, 11) is -4.12. The second kappa shape index (κ2) is 14.3. The van der Waals surface area contributed by atoms with Crippen molar-refractivity contribution in [3.8, 4) is 22.3 Å². The lowest BCUT2D eigenvalue weighted by molar-refractivity contribution is 0.590. The Morgan fingerprint density at radius 2 is 0.645 bits per heavy atom. The van der Waals surface area contributed by atoms with Gasteiger partial charge in [0.1, 0.15) is 16.1 Å². The lowest BCUT2D eigenvalue weighted by atomic mass is 9.87. The summed E-state index contributed by atoms with van der Waals surface area (Å²) in [6.07, 6.45) is 0. The third-order valence-electron chi connectivity index (χ3n) is 14.0. The van der Waals surface area contributed by atoms with Gasteiger partial charge < -0.3 is 9.80 Å². The van der Waals surface area contributed by atoms with Crippen molar-refractivity contribution < 1.29 is 0 Å². The van der Waals surface area contributed by atoms with Gasteiger partial charge in [-0.1, -0.05) is 165 Å². The minimum atomic E-state index is -2.06. The van der Waals surface area contributed by atoms with Crippen LogP contribution in [-0.4, -0.2) is 16.1 Å². The molecule has 2 aliphatic heterocycles. The van der Waals surface area contributed by atoms with E-state index in [0.717, 1.165) is 0 Å². The van der Waals surface area contributed by atoms with E-state index >= 15 is 0 Å². The van der Waals surface area contributed by atoms with Crippen molar-refractivity contribution in [1.82, 2.24) is 0 Å². The lowest BCUT2D eigenvalue weighted by Crippen LogP contribution is -2.49. The molecule has 0 N–H and O–H groups in total. The number of hydrogen-bond acceptors (Lipinski definition) is 2. The molecular formula is C58H58N2Si2. The quantitative estimate of drug-likeness (QED) is 0.154. The third kappa shape index (κ3) is 6.41. The molecule has 0 fully saturated rings. The number of rotatable bonds is 6. The Hall–Kier alpha value is -5.95. The Kier molecular flexibility index (Phi) is 9.26. The van der Waals surface area contributed by atoms with Gasteiger partial charge >= 0.3 is 0 Å². The van der Waals surface area contributed by atoms with Gasteiger partial charge in [-0.25, -0.2) is 0 Å². The van der Waals surface area contributed by atoms with Gasteiger partial charge in [0, 0.05) is 34.1 Å². The van der Waals surface area contributed by atoms with Gasteiger partial charge in [-0.15, -0.1) is 0 Å². The van der Waals surface area contributed by atoms with Crippen LogP contribution in [0.25, 0.3) is 33.0 Å². The molecule has 308 valence electrons. The first-order valence-electron chi connectivity index (χ1n) is 22.4. The highest BCUT2D eigenvalue weighted by Gasteiger charge is 2.42. The lowest BCUT2D eigenvalue weighted by Gasteiger charge is -2.28. The maximum atomic E-state index is 2.55. The van der Waals surface area contributed by atoms with Gasteiger partial charge in [-0.2, -0.15) is 0 Å². The molecule has 0 bridgehead atoms. The third-order valence-corrected chi connectivity index (χ3v) is 21.0. The van der Waals surface area contributed by atoms with E-state index in [0.29, 0.717) is 0 Å². The molecule has 8 aromatic rings. The summed E-state index contributed by atoms with van der Waals surface area (Å²) in [4.78, 5) is 4.87. The number of anilines is 6. The van der Waals surface area contributed by atoms with E-state index in [2.05, 4.69) is 247 Å². The molecule has 0 saturated carbocycles. The molecule has 0 unspecified atom stereocenters. The predicted molar refractivity (Wildman–Crippen MR) is 275 cm³/mol. The maximum absolute atomic E-state index is 2.55. The molecule has 4 heteroatoms. The van der Waals surface area contributed by atoms with Crippen LogP contribution in [0, 0.1) is 0 Å². The van der Waals surface area contributed by atoms with Gasteiger partial charge in [-0.05, 0) is 149 Å². The maximum Gasteiger partial charge on any atom is 0.113 e. The van der Waals surface area contributed by atoms with Crippen molar-refractivity contribution in [2.75, 3.05) is 9.80 Å². The molecule has 62 heavy (non-hydrogen) atoms. The Labute approximate surface area is 371 Å². The fraction of sp³-hybridized carbons (Fsp3) is 0.207. The number of benzene rings is 8. The predicted octanol–water partition coefficient (Wildman–Crippen LogP) is 14.0. The second-order valence-electron chi connectivity index (χ2n) is 20.7. The Morgan fingerprint density at radius 3 is 0.984 bits per heavy atom. The van der Waals surface area contributed by atoms with E-state index in [1.807, 2.05) is 0 Å². The zero-order chi connectivity index (χ0) is 43.3. The summed E-state index contributed by atoms with van der Waals surface area (Å²) in [5.41, 5.74) is 15.7. The van der Waals surface area contributed by atoms with Crippen LogP contribution in [0.2, 0.25) is 26.2 Å². The molecule has 2 heterocycles. The SMILES string of the molecule is CC(C)(C)c1ccc(N(c2ccccc2)c2ccc3c(c2)[Si](C)(C)c2ccc4c5c(ccc4c2-3)[Si](C)(C)c2cc(N(c3ccccc3)c3ccc(C(C)(C)C)cc3)ccc2-5)cc1. The first kappa shape index (κ1) is 40.1. The van der Waals surface area contributed by atoms with E-state index in [-0.39, 0.29) is 10.8 Å². The summed E-state index contributed by atoms with van der Waals surface area (Å²) >= 11 is 0. The minimum Gasteiger partial charge on any atom is -0.311 e. The first-order chi connectivity index (χ1) is 29.5. The van der Waals surface area contributed by atoms with Crippen molar-refractivity contribution in [2.45, 2.75) is 78.6 Å². The molecule has 8 aromatic carbocycles. The number of hydrogen-bond donors (Lipinski definition) is 0. The fourth-order valence-corrected chi connectivity index (χ4v) is 16.6. The standard InChI is InChI=1S/C58H58N2Si2/c1-57(2,3)39-21-25-43(26-22-39)59(41-17-13-11-14-18-41)45-29-31-49-53(37-45)61(7,8)51-35-33-48-47(55(49)51)34-36-52-56(48)50-32-30-46(38-54(50)62(52,9)10)60(42-19-15-12-16-20-42)44-27-23-40(24-28-44)58(4,5)6/h11-38H,1-10H3. The second-order valence-corrected chi connectivity index (χ2v) is 29.4. The van der Waals surface area contributed by atoms with Crippen molar-refractivity contribution in [3.05, 3.63) is 181 Å². The summed E-state index contributed by atoms with van der Waals surface area (Å²) in [5, 5.41) is 8.89. The van der Waals surface area contributed by atoms with Crippen LogP contribution in [0.5, 0.6) is 0 Å². The molecule has 0 aromatic heterocycles. The Morgan fingerprint density at radius 1 is 0.323 bits per heavy atom. The van der Waals surface area contributed by atoms with Crippen LogP contribution >= 0.6 is 0 Å². The monoisotopic (exact) mass is 838 g/mol. The van der Waals surface area contributed by atoms with Crippen molar-refractivity contribution in [1.29, 1.82) is 0 Å². The van der Waals surface area contributed by atoms with E-state index < -0.39 is 16.1 Å². The van der Waals surface area contributed by atoms with E-state index in [1.54, 1.807) is 10.4 Å². The van der Waals surface area contributed by atoms with E-state index in [1.165, 1.54) is 88.7 Å². The Balaban J connectivity index is 1.09. The summed E-state index contributed by atoms with van der Waals surface area (Å²) in [6.45, 7) is 23.9. The normalized spacial score (nSPS) is 14.5. The number of fused-ring (bicyclic) bond motifs is 9. The highest BCUT2D eigenvalue weighted by molar-refractivity contribution is 7.05. The van der Waals surface area contributed by atoms with Crippen LogP contribution in [0.4, 0.5) is 34.1 Å². The highest BCUT2D eigenvalue weighted by atomic mass is 28.3. The molecule has 0 aliphatic carbocycles. The van der Waals surface area contributed by atoms with Crippen LogP contribution in [0.3, 0.4) is 0 Å². The fourth-order valence-electron chi connectivity index (χ4n) is 10.4. The van der Waals surface area contributed by atoms with Gasteiger partial charge in [-0.3, -0.25) is 0 Å². The van der Waals surface area contributed by atoms with Crippen LogP contribution < -0.4 is 30.5 Å². The zero-order valence-electron chi connectivity index (χ0n) is 38.1. The van der Waals surface area contributed by atoms with Crippen LogP contribution in [0.15, 0.2) is 170 Å². The van der Waals surface area contributed by atoms with E-state index in [4.69, 9.17) is 0 Å². The molecule has 10 rings (SSSR count). The summed E-state index contributed by atoms with van der Waals surface area (Å²) < 4.78 is 0. The minimum absolute atomic E-state index is 0.0971. The average molecular weight is 839 g/mol. The summed E-state index contributed by atoms with van der Waals surface area (Å²) in [6, 6.07) is 64.6. The molecule has 0 saturated heterocycles. The molecule has 2 nitrogen and oxygen atoms in total. The molecule has 2 aliphatic rings. The van der Waals surface area contributed by atoms with Crippen LogP contribution in [0.1, 0.15) is 52.7 Å². The van der Waals surface area contributed by atoms with Crippen molar-refractivity contribution in [3.63, 3.8) is 0 Å². The first-order valence-corrected chi connectivity index (χ1v) is 28.4. The van der Waals surface area contributed by atoms with Gasteiger partial charge in [0.2, 0.25) is 0 Å². The van der Waals surface area contributed by atoms with Gasteiger partial charge in [0.15, 0.2) is 0 Å². The molecular weight excluding hydrogens is 781 g/mol. The van der Waals surface area contributed by atoms with Gasteiger partial charge in [0.25, 0.3) is 0 Å². The largest absolute Gasteiger partial charge is 0.311 e. The molecule has 0 atom stereocenters. The summed E-state index contributed by atoms with van der Waals surface area (Å²) in [5.74, 6) is 0. The Bertz CT molecular complexity index is 2800. The van der Waals surface area contributed by atoms with Crippen molar-refractivity contribution >= 4 is 81.8 Å². The van der Waals surface area contributed by atoms with Crippen LogP contribution in [-0.2, 0) is 10.8 Å². The molecule has 0 spiro atoms. The zero-order valence-corrected chi connectivity index (χ0v) is 40.1. The average Bonchev–Trinajstić information content (AvgIpc) is 3.63. The number of para-hydroxylation sites is 2. The highest BCUT2D eigenvalue weighted by Crippen LogP contribution is 2.44. The topological polar surface area (TPSA) is 6.48 Å². The van der Waals surface area contributed by atoms with Crippen molar-refractivity contribution in [2.24, 2.45) is 0 Å². The molecule has 0 amide bonds. The molecule has 0 radical (unpaired) electrons. The number of nitrogens with zero attached hydrogens (tertiary/aromatic N) is 2. The van der Waals surface area contributed by atoms with E-state index in [9.17, 15) is 0 Å². The van der Waals surface area contributed by atoms with Gasteiger partial charge in [0.05, 0.1) is 0 Å².